The van der Waals surface area contributed by atoms with E-state index in [9.17, 15) is 8.78 Å². The molecule has 1 nitrogen and oxygen atoms in total. The van der Waals surface area contributed by atoms with E-state index in [1.54, 1.807) is 18.8 Å². The summed E-state index contributed by atoms with van der Waals surface area (Å²) >= 11 is 7.69. The van der Waals surface area contributed by atoms with Crippen LogP contribution < -0.4 is 5.32 Å². The summed E-state index contributed by atoms with van der Waals surface area (Å²) in [6.07, 6.45) is 1.04. The minimum Gasteiger partial charge on any atom is -0.312 e. The molecule has 5 heteroatoms. The molecule has 1 rings (SSSR count). The Hall–Kier alpha value is -0.320. The molecule has 0 fully saturated rings. The van der Waals surface area contributed by atoms with Gasteiger partial charge >= 0.3 is 0 Å². The Morgan fingerprint density at radius 3 is 2.61 bits per heavy atom. The van der Waals surface area contributed by atoms with Crippen LogP contribution in [0.5, 0.6) is 0 Å². The number of hydrogen-bond acceptors (Lipinski definition) is 2. The van der Waals surface area contributed by atoms with E-state index in [0.717, 1.165) is 12.5 Å². The Labute approximate surface area is 116 Å². The molecular formula is C13H18ClF2NS. The largest absolute Gasteiger partial charge is 0.312 e. The molecule has 0 spiro atoms. The van der Waals surface area contributed by atoms with Crippen LogP contribution in [0.1, 0.15) is 31.9 Å². The highest BCUT2D eigenvalue weighted by Crippen LogP contribution is 2.30. The van der Waals surface area contributed by atoms with Gasteiger partial charge in [-0.3, -0.25) is 0 Å². The molecule has 1 N–H and O–H groups in total. The number of benzene rings is 1. The van der Waals surface area contributed by atoms with Crippen LogP contribution in [0.2, 0.25) is 5.02 Å². The molecule has 0 heterocycles. The van der Waals surface area contributed by atoms with Crippen molar-refractivity contribution in [1.29, 1.82) is 0 Å². The van der Waals surface area contributed by atoms with E-state index in [0.29, 0.717) is 11.0 Å². The van der Waals surface area contributed by atoms with Crippen molar-refractivity contribution in [3.63, 3.8) is 0 Å². The van der Waals surface area contributed by atoms with Gasteiger partial charge in [0.15, 0.2) is 11.6 Å². The SMILES string of the molecule is CCC(C)SCC(NC)c1c(Cl)ccc(F)c1F. The average molecular weight is 294 g/mol. The van der Waals surface area contributed by atoms with Gasteiger partial charge in [-0.15, -0.1) is 0 Å². The summed E-state index contributed by atoms with van der Waals surface area (Å²) in [5.74, 6) is -1.05. The van der Waals surface area contributed by atoms with Gasteiger partial charge < -0.3 is 5.32 Å². The summed E-state index contributed by atoms with van der Waals surface area (Å²) in [4.78, 5) is 0. The first-order valence-electron chi connectivity index (χ1n) is 5.93. The van der Waals surface area contributed by atoms with Crippen molar-refractivity contribution in [3.05, 3.63) is 34.4 Å². The minimum absolute atomic E-state index is 0.218. The van der Waals surface area contributed by atoms with Gasteiger partial charge in [0, 0.05) is 27.6 Å². The second-order valence-electron chi connectivity index (χ2n) is 4.15. The van der Waals surface area contributed by atoms with Crippen molar-refractivity contribution in [2.24, 2.45) is 0 Å². The molecule has 0 saturated carbocycles. The predicted octanol–water partition coefficient (Wildman–Crippen LogP) is 4.41. The van der Waals surface area contributed by atoms with Gasteiger partial charge in [-0.1, -0.05) is 25.4 Å². The van der Waals surface area contributed by atoms with E-state index < -0.39 is 11.6 Å². The van der Waals surface area contributed by atoms with Crippen LogP contribution in [-0.2, 0) is 0 Å². The second kappa shape index (κ2) is 7.31. The first-order chi connectivity index (χ1) is 8.51. The van der Waals surface area contributed by atoms with Crippen LogP contribution in [0.15, 0.2) is 12.1 Å². The van der Waals surface area contributed by atoms with Crippen molar-refractivity contribution in [3.8, 4) is 0 Å². The van der Waals surface area contributed by atoms with E-state index in [-0.39, 0.29) is 16.6 Å². The normalized spacial score (nSPS) is 14.6. The average Bonchev–Trinajstić information content (AvgIpc) is 2.37. The molecular weight excluding hydrogens is 276 g/mol. The molecule has 0 aliphatic carbocycles. The Kier molecular flexibility index (Phi) is 6.39. The van der Waals surface area contributed by atoms with Crippen LogP contribution in [0.25, 0.3) is 0 Å². The Balaban J connectivity index is 2.91. The van der Waals surface area contributed by atoms with Gasteiger partial charge in [0.25, 0.3) is 0 Å². The van der Waals surface area contributed by atoms with E-state index in [2.05, 4.69) is 19.2 Å². The van der Waals surface area contributed by atoms with Crippen molar-refractivity contribution in [1.82, 2.24) is 5.32 Å². The molecule has 0 saturated heterocycles. The fraction of sp³-hybridized carbons (Fsp3) is 0.538. The van der Waals surface area contributed by atoms with Gasteiger partial charge in [-0.25, -0.2) is 8.78 Å². The number of rotatable bonds is 6. The Morgan fingerprint density at radius 2 is 2.06 bits per heavy atom. The maximum absolute atomic E-state index is 13.8. The van der Waals surface area contributed by atoms with Crippen LogP contribution in [0, 0.1) is 11.6 Å². The zero-order valence-electron chi connectivity index (χ0n) is 10.8. The Bertz CT molecular complexity index is 401. The second-order valence-corrected chi connectivity index (χ2v) is 6.03. The molecule has 18 heavy (non-hydrogen) atoms. The molecule has 0 aromatic heterocycles. The number of halogens is 3. The minimum atomic E-state index is -0.858. The highest BCUT2D eigenvalue weighted by molar-refractivity contribution is 7.99. The molecule has 0 aliphatic heterocycles. The lowest BCUT2D eigenvalue weighted by atomic mass is 10.1. The molecule has 0 aliphatic rings. The molecule has 102 valence electrons. The summed E-state index contributed by atoms with van der Waals surface area (Å²) in [6, 6.07) is 2.16. The van der Waals surface area contributed by atoms with E-state index in [1.165, 1.54) is 6.07 Å². The fourth-order valence-corrected chi connectivity index (χ4v) is 2.92. The van der Waals surface area contributed by atoms with Gasteiger partial charge in [0.2, 0.25) is 0 Å². The van der Waals surface area contributed by atoms with Crippen LogP contribution in [-0.4, -0.2) is 18.1 Å². The smallest absolute Gasteiger partial charge is 0.165 e. The van der Waals surface area contributed by atoms with Gasteiger partial charge in [-0.05, 0) is 25.6 Å². The monoisotopic (exact) mass is 293 g/mol. The highest BCUT2D eigenvalue weighted by atomic mass is 35.5. The third-order valence-electron chi connectivity index (χ3n) is 2.90. The standard InChI is InChI=1S/C13H18ClF2NS/c1-4-8(2)18-7-11(17-3)12-9(14)5-6-10(15)13(12)16/h5-6,8,11,17H,4,7H2,1-3H3. The summed E-state index contributed by atoms with van der Waals surface area (Å²) in [6.45, 7) is 4.21. The fourth-order valence-electron chi connectivity index (χ4n) is 1.55. The third-order valence-corrected chi connectivity index (χ3v) is 4.66. The zero-order valence-corrected chi connectivity index (χ0v) is 12.3. The van der Waals surface area contributed by atoms with Crippen LogP contribution in [0.4, 0.5) is 8.78 Å². The van der Waals surface area contributed by atoms with Crippen LogP contribution in [0.3, 0.4) is 0 Å². The lowest BCUT2D eigenvalue weighted by molar-refractivity contribution is 0.484. The zero-order chi connectivity index (χ0) is 13.7. The van der Waals surface area contributed by atoms with Gasteiger partial charge in [-0.2, -0.15) is 11.8 Å². The highest BCUT2D eigenvalue weighted by Gasteiger charge is 2.21. The topological polar surface area (TPSA) is 12.0 Å². The lowest BCUT2D eigenvalue weighted by Gasteiger charge is -2.20. The number of hydrogen-bond donors (Lipinski definition) is 1. The molecule has 2 atom stereocenters. The molecule has 2 unspecified atom stereocenters. The molecule has 1 aromatic rings. The quantitative estimate of drug-likeness (QED) is 0.780. The maximum atomic E-state index is 13.8. The van der Waals surface area contributed by atoms with E-state index in [1.807, 2.05) is 0 Å². The molecule has 0 bridgehead atoms. The summed E-state index contributed by atoms with van der Waals surface area (Å²) < 4.78 is 27.0. The van der Waals surface area contributed by atoms with Crippen molar-refractivity contribution < 1.29 is 8.78 Å². The summed E-state index contributed by atoms with van der Waals surface area (Å²) in [7, 11) is 1.72. The van der Waals surface area contributed by atoms with Gasteiger partial charge in [0.05, 0.1) is 0 Å². The number of thioether (sulfide) groups is 1. The first kappa shape index (κ1) is 15.7. The van der Waals surface area contributed by atoms with Crippen molar-refractivity contribution in [2.75, 3.05) is 12.8 Å². The summed E-state index contributed by atoms with van der Waals surface area (Å²) in [5.41, 5.74) is 0.218. The molecule has 0 amide bonds. The van der Waals surface area contributed by atoms with Crippen LogP contribution >= 0.6 is 23.4 Å². The van der Waals surface area contributed by atoms with E-state index >= 15 is 0 Å². The summed E-state index contributed by atoms with van der Waals surface area (Å²) in [5, 5.41) is 3.74. The van der Waals surface area contributed by atoms with Crippen molar-refractivity contribution in [2.45, 2.75) is 31.6 Å². The molecule has 1 aromatic carbocycles. The van der Waals surface area contributed by atoms with E-state index in [4.69, 9.17) is 11.6 Å². The molecule has 0 radical (unpaired) electrons. The number of nitrogens with one attached hydrogen (secondary N) is 1. The first-order valence-corrected chi connectivity index (χ1v) is 7.36. The lowest BCUT2D eigenvalue weighted by Crippen LogP contribution is -2.22. The predicted molar refractivity (Wildman–Crippen MR) is 75.4 cm³/mol. The van der Waals surface area contributed by atoms with Gasteiger partial charge in [0.1, 0.15) is 0 Å². The maximum Gasteiger partial charge on any atom is 0.165 e. The van der Waals surface area contributed by atoms with Crippen molar-refractivity contribution >= 4 is 23.4 Å². The third kappa shape index (κ3) is 3.84. The Morgan fingerprint density at radius 1 is 1.39 bits per heavy atom.